The van der Waals surface area contributed by atoms with Crippen molar-refractivity contribution in [2.75, 3.05) is 0 Å². The summed E-state index contributed by atoms with van der Waals surface area (Å²) in [5, 5.41) is 10.0. The van der Waals surface area contributed by atoms with Crippen LogP contribution in [0.2, 0.25) is 0 Å². The van der Waals surface area contributed by atoms with E-state index in [9.17, 15) is 13.9 Å². The minimum atomic E-state index is -0.964. The smallest absolute Gasteiger partial charge is 0.164 e. The predicted octanol–water partition coefficient (Wildman–Crippen LogP) is 4.38. The van der Waals surface area contributed by atoms with Crippen LogP contribution < -0.4 is 0 Å². The third kappa shape index (κ3) is 3.29. The molecule has 102 valence electrons. The van der Waals surface area contributed by atoms with Crippen molar-refractivity contribution < 1.29 is 13.9 Å². The average molecular weight is 256 g/mol. The molecule has 1 aromatic rings. The van der Waals surface area contributed by atoms with Gasteiger partial charge in [0.15, 0.2) is 11.6 Å². The first-order chi connectivity index (χ1) is 8.14. The van der Waals surface area contributed by atoms with E-state index in [1.54, 1.807) is 0 Å². The molecule has 0 radical (unpaired) electrons. The quantitative estimate of drug-likeness (QED) is 0.851. The lowest BCUT2D eigenvalue weighted by atomic mass is 9.78. The first kappa shape index (κ1) is 15.1. The zero-order chi connectivity index (χ0) is 14.1. The highest BCUT2D eigenvalue weighted by molar-refractivity contribution is 5.27. The molecule has 2 unspecified atom stereocenters. The fourth-order valence-electron chi connectivity index (χ4n) is 1.73. The minimum absolute atomic E-state index is 0.0285. The van der Waals surface area contributed by atoms with Crippen LogP contribution in [0, 0.1) is 29.9 Å². The van der Waals surface area contributed by atoms with Crippen molar-refractivity contribution in [2.24, 2.45) is 11.3 Å². The van der Waals surface area contributed by atoms with E-state index in [-0.39, 0.29) is 22.5 Å². The lowest BCUT2D eigenvalue weighted by Gasteiger charge is -2.29. The van der Waals surface area contributed by atoms with Gasteiger partial charge in [-0.25, -0.2) is 8.78 Å². The molecule has 0 heterocycles. The van der Waals surface area contributed by atoms with E-state index in [4.69, 9.17) is 0 Å². The van der Waals surface area contributed by atoms with Crippen LogP contribution in [0.5, 0.6) is 0 Å². The molecule has 0 saturated carbocycles. The van der Waals surface area contributed by atoms with Crippen molar-refractivity contribution in [3.8, 4) is 0 Å². The zero-order valence-corrected chi connectivity index (χ0v) is 11.7. The molecule has 1 N–H and O–H groups in total. The highest BCUT2D eigenvalue weighted by Crippen LogP contribution is 2.34. The van der Waals surface area contributed by atoms with Crippen LogP contribution in [-0.2, 0) is 0 Å². The van der Waals surface area contributed by atoms with Crippen molar-refractivity contribution in [1.82, 2.24) is 0 Å². The van der Waals surface area contributed by atoms with E-state index in [0.717, 1.165) is 0 Å². The highest BCUT2D eigenvalue weighted by atomic mass is 19.2. The second-order valence-electron chi connectivity index (χ2n) is 6.12. The molecular formula is C15H22F2O. The van der Waals surface area contributed by atoms with Gasteiger partial charge in [0.25, 0.3) is 0 Å². The lowest BCUT2D eigenvalue weighted by Crippen LogP contribution is -2.20. The lowest BCUT2D eigenvalue weighted by molar-refractivity contribution is 0.107. The number of rotatable bonds is 3. The number of hydrogen-bond acceptors (Lipinski definition) is 1. The van der Waals surface area contributed by atoms with Gasteiger partial charge in [0.05, 0.1) is 6.10 Å². The summed E-state index contributed by atoms with van der Waals surface area (Å²) in [4.78, 5) is 0. The Labute approximate surface area is 108 Å². The van der Waals surface area contributed by atoms with Crippen molar-refractivity contribution in [3.05, 3.63) is 34.9 Å². The van der Waals surface area contributed by atoms with Crippen molar-refractivity contribution >= 4 is 0 Å². The molecular weight excluding hydrogens is 234 g/mol. The molecule has 0 aromatic heterocycles. The van der Waals surface area contributed by atoms with Crippen molar-refractivity contribution in [3.63, 3.8) is 0 Å². The minimum Gasteiger partial charge on any atom is -0.388 e. The summed E-state index contributed by atoms with van der Waals surface area (Å²) < 4.78 is 27.2. The maximum atomic E-state index is 13.7. The maximum Gasteiger partial charge on any atom is 0.164 e. The van der Waals surface area contributed by atoms with Gasteiger partial charge in [-0.2, -0.15) is 0 Å². The van der Waals surface area contributed by atoms with Gasteiger partial charge in [-0.1, -0.05) is 39.8 Å². The fraction of sp³-hybridized carbons (Fsp3) is 0.600. The van der Waals surface area contributed by atoms with Gasteiger partial charge in [0.1, 0.15) is 0 Å². The Morgan fingerprint density at radius 1 is 1.17 bits per heavy atom. The fourth-order valence-corrected chi connectivity index (χ4v) is 1.73. The summed E-state index contributed by atoms with van der Waals surface area (Å²) >= 11 is 0. The summed E-state index contributed by atoms with van der Waals surface area (Å²) in [6.07, 6.45) is -0.544. The number of aryl methyl sites for hydroxylation is 1. The molecule has 1 rings (SSSR count). The predicted molar refractivity (Wildman–Crippen MR) is 69.3 cm³/mol. The molecule has 1 nitrogen and oxygen atoms in total. The third-order valence-corrected chi connectivity index (χ3v) is 3.72. The van der Waals surface area contributed by atoms with Crippen LogP contribution in [0.3, 0.4) is 0 Å². The molecule has 1 aromatic carbocycles. The summed E-state index contributed by atoms with van der Waals surface area (Å²) in [5.74, 6) is -1.59. The van der Waals surface area contributed by atoms with Crippen molar-refractivity contribution in [1.29, 1.82) is 0 Å². The molecule has 0 aliphatic heterocycles. The number of hydrogen-bond donors (Lipinski definition) is 1. The second kappa shape index (κ2) is 5.35. The van der Waals surface area contributed by atoms with Gasteiger partial charge >= 0.3 is 0 Å². The monoisotopic (exact) mass is 256 g/mol. The molecule has 3 heteroatoms. The Balaban J connectivity index is 2.92. The largest absolute Gasteiger partial charge is 0.388 e. The average Bonchev–Trinajstić information content (AvgIpc) is 2.24. The summed E-state index contributed by atoms with van der Waals surface area (Å²) in [5.41, 5.74) is 0.335. The number of halogens is 2. The Kier molecular flexibility index (Phi) is 4.49. The molecule has 0 bridgehead atoms. The molecule has 0 spiro atoms. The Bertz CT molecular complexity index is 421. The Morgan fingerprint density at radius 2 is 1.72 bits per heavy atom. The molecule has 0 amide bonds. The number of aliphatic hydroxyl groups excluding tert-OH is 1. The van der Waals surface area contributed by atoms with E-state index in [1.807, 2.05) is 6.92 Å². The first-order valence-corrected chi connectivity index (χ1v) is 6.27. The molecule has 0 aliphatic carbocycles. The van der Waals surface area contributed by atoms with Gasteiger partial charge in [-0.05, 0) is 30.2 Å². The van der Waals surface area contributed by atoms with Crippen LogP contribution in [0.15, 0.2) is 12.1 Å². The maximum absolute atomic E-state index is 13.7. The zero-order valence-electron chi connectivity index (χ0n) is 11.7. The third-order valence-electron chi connectivity index (χ3n) is 3.72. The van der Waals surface area contributed by atoms with Crippen molar-refractivity contribution in [2.45, 2.75) is 47.1 Å². The first-order valence-electron chi connectivity index (χ1n) is 6.27. The summed E-state index contributed by atoms with van der Waals surface area (Å²) in [7, 11) is 0. The van der Waals surface area contributed by atoms with E-state index in [1.165, 1.54) is 19.1 Å². The van der Waals surface area contributed by atoms with E-state index >= 15 is 0 Å². The number of aliphatic hydroxyl groups is 1. The second-order valence-corrected chi connectivity index (χ2v) is 6.12. The van der Waals surface area contributed by atoms with E-state index in [2.05, 4.69) is 20.8 Å². The van der Waals surface area contributed by atoms with E-state index < -0.39 is 17.7 Å². The summed E-state index contributed by atoms with van der Waals surface area (Å²) in [6, 6.07) is 2.96. The Hall–Kier alpha value is -0.960. The van der Waals surface area contributed by atoms with Gasteiger partial charge in [0, 0.05) is 5.56 Å². The van der Waals surface area contributed by atoms with Gasteiger partial charge in [-0.3, -0.25) is 0 Å². The van der Waals surface area contributed by atoms with Crippen LogP contribution >= 0.6 is 0 Å². The highest BCUT2D eigenvalue weighted by Gasteiger charge is 2.25. The van der Waals surface area contributed by atoms with Crippen LogP contribution in [0.4, 0.5) is 8.78 Å². The van der Waals surface area contributed by atoms with Gasteiger partial charge in [0.2, 0.25) is 0 Å². The topological polar surface area (TPSA) is 20.2 Å². The van der Waals surface area contributed by atoms with Crippen LogP contribution in [0.25, 0.3) is 0 Å². The van der Waals surface area contributed by atoms with Gasteiger partial charge in [-0.15, -0.1) is 0 Å². The normalized spacial score (nSPS) is 15.6. The molecule has 0 aliphatic rings. The SMILES string of the molecule is Cc1ccc(C(O)CC(C)C(C)(C)C)c(F)c1F. The standard InChI is InChI=1S/C15H22F2O/c1-9-6-7-11(14(17)13(9)16)12(18)8-10(2)15(3,4)5/h6-7,10,12,18H,8H2,1-5H3. The van der Waals surface area contributed by atoms with E-state index in [0.29, 0.717) is 6.42 Å². The number of benzene rings is 1. The molecule has 18 heavy (non-hydrogen) atoms. The molecule has 0 fully saturated rings. The Morgan fingerprint density at radius 3 is 2.22 bits per heavy atom. The summed E-state index contributed by atoms with van der Waals surface area (Å²) in [6.45, 7) is 9.71. The molecule has 2 atom stereocenters. The molecule has 0 saturated heterocycles. The van der Waals surface area contributed by atoms with Crippen LogP contribution in [-0.4, -0.2) is 5.11 Å². The van der Waals surface area contributed by atoms with Crippen LogP contribution in [0.1, 0.15) is 51.3 Å². The van der Waals surface area contributed by atoms with Gasteiger partial charge < -0.3 is 5.11 Å².